The lowest BCUT2D eigenvalue weighted by Gasteiger charge is -2.24. The molecular weight excluding hydrogens is 534 g/mol. The molecule has 1 N–H and O–H groups in total. The summed E-state index contributed by atoms with van der Waals surface area (Å²) in [6, 6.07) is 28.4. The van der Waals surface area contributed by atoms with E-state index in [-0.39, 0.29) is 10.6 Å². The topological polar surface area (TPSA) is 88.1 Å². The molecule has 0 spiro atoms. The van der Waals surface area contributed by atoms with Crippen LogP contribution in [0.5, 0.6) is 5.75 Å². The van der Waals surface area contributed by atoms with Crippen molar-refractivity contribution < 1.29 is 17.9 Å². The molecule has 200 valence electrons. The monoisotopic (exact) mass is 561 g/mol. The van der Waals surface area contributed by atoms with Gasteiger partial charge in [-0.15, -0.1) is 0 Å². The van der Waals surface area contributed by atoms with E-state index < -0.39 is 22.5 Å². The molecule has 4 rings (SSSR count). The maximum Gasteiger partial charge on any atom is 0.264 e. The highest BCUT2D eigenvalue weighted by Crippen LogP contribution is 2.28. The Morgan fingerprint density at radius 2 is 1.64 bits per heavy atom. The normalized spacial score (nSPS) is 11.4. The van der Waals surface area contributed by atoms with Crippen LogP contribution >= 0.6 is 11.6 Å². The van der Waals surface area contributed by atoms with Crippen molar-refractivity contribution in [1.82, 2.24) is 5.43 Å². The molecule has 0 saturated carbocycles. The molecule has 0 aliphatic rings. The molecule has 0 aliphatic carbocycles. The summed E-state index contributed by atoms with van der Waals surface area (Å²) in [5, 5.41) is 4.39. The minimum Gasteiger partial charge on any atom is -0.489 e. The van der Waals surface area contributed by atoms with Crippen molar-refractivity contribution in [3.05, 3.63) is 124 Å². The number of aryl methyl sites for hydroxylation is 2. The Bertz CT molecular complexity index is 1560. The molecule has 9 heteroatoms. The first-order valence-corrected chi connectivity index (χ1v) is 14.0. The summed E-state index contributed by atoms with van der Waals surface area (Å²) in [6.07, 6.45) is 1.47. The van der Waals surface area contributed by atoms with Gasteiger partial charge in [0.1, 0.15) is 18.9 Å². The standard InChI is InChI=1S/C30H28ClN3O4S/c1-22-8-16-28(17-9-22)39(36,37)34(26-13-10-23(2)29(31)18-26)20-30(35)33-32-19-24-11-14-27(15-12-24)38-21-25-6-4-3-5-7-25/h3-19H,20-21H2,1-2H3,(H,33,35)/b32-19-. The highest BCUT2D eigenvalue weighted by Gasteiger charge is 2.27. The first-order chi connectivity index (χ1) is 18.7. The summed E-state index contributed by atoms with van der Waals surface area (Å²) < 4.78 is 33.8. The number of amides is 1. The number of carbonyl (C=O) groups excluding carboxylic acids is 1. The van der Waals surface area contributed by atoms with Crippen molar-refractivity contribution in [2.24, 2.45) is 5.10 Å². The van der Waals surface area contributed by atoms with Gasteiger partial charge in [-0.25, -0.2) is 13.8 Å². The van der Waals surface area contributed by atoms with Crippen LogP contribution in [-0.4, -0.2) is 27.1 Å². The van der Waals surface area contributed by atoms with E-state index in [1.807, 2.05) is 56.3 Å². The van der Waals surface area contributed by atoms with Crippen LogP contribution in [0, 0.1) is 13.8 Å². The second-order valence-electron chi connectivity index (χ2n) is 8.89. The van der Waals surface area contributed by atoms with Crippen molar-refractivity contribution in [2.45, 2.75) is 25.3 Å². The number of anilines is 1. The van der Waals surface area contributed by atoms with Gasteiger partial charge < -0.3 is 4.74 Å². The molecule has 1 amide bonds. The Hall–Kier alpha value is -4.14. The number of rotatable bonds is 10. The van der Waals surface area contributed by atoms with Gasteiger partial charge in [0.15, 0.2) is 0 Å². The predicted octanol–water partition coefficient (Wildman–Crippen LogP) is 5.88. The highest BCUT2D eigenvalue weighted by molar-refractivity contribution is 7.92. The van der Waals surface area contributed by atoms with Crippen molar-refractivity contribution in [2.75, 3.05) is 10.8 Å². The number of hydrogen-bond acceptors (Lipinski definition) is 5. The fourth-order valence-corrected chi connectivity index (χ4v) is 5.21. The van der Waals surface area contributed by atoms with Crippen molar-refractivity contribution in [3.63, 3.8) is 0 Å². The molecule has 0 aliphatic heterocycles. The van der Waals surface area contributed by atoms with Crippen molar-refractivity contribution >= 4 is 39.4 Å². The Morgan fingerprint density at radius 1 is 0.949 bits per heavy atom. The molecule has 7 nitrogen and oxygen atoms in total. The van der Waals surface area contributed by atoms with E-state index in [0.29, 0.717) is 17.4 Å². The number of nitrogens with one attached hydrogen (secondary N) is 1. The van der Waals surface area contributed by atoms with Crippen LogP contribution in [-0.2, 0) is 21.4 Å². The SMILES string of the molecule is Cc1ccc(S(=O)(=O)N(CC(=O)N/N=C\c2ccc(OCc3ccccc3)cc2)c2ccc(C)c(Cl)c2)cc1. The van der Waals surface area contributed by atoms with Gasteiger partial charge in [-0.05, 0) is 79.1 Å². The van der Waals surface area contributed by atoms with E-state index in [2.05, 4.69) is 10.5 Å². The molecule has 0 fully saturated rings. The number of sulfonamides is 1. The number of benzene rings is 4. The highest BCUT2D eigenvalue weighted by atomic mass is 35.5. The van der Waals surface area contributed by atoms with Crippen LogP contribution in [0.3, 0.4) is 0 Å². The summed E-state index contributed by atoms with van der Waals surface area (Å²) in [5.74, 6) is 0.0928. The molecule has 4 aromatic carbocycles. The smallest absolute Gasteiger partial charge is 0.264 e. The van der Waals surface area contributed by atoms with Crippen molar-refractivity contribution in [3.8, 4) is 5.75 Å². The van der Waals surface area contributed by atoms with Crippen LogP contribution in [0.2, 0.25) is 5.02 Å². The Morgan fingerprint density at radius 3 is 2.31 bits per heavy atom. The number of carbonyl (C=O) groups is 1. The van der Waals surface area contributed by atoms with Crippen LogP contribution in [0.25, 0.3) is 0 Å². The van der Waals surface area contributed by atoms with Gasteiger partial charge >= 0.3 is 0 Å². The number of halogens is 1. The van der Waals surface area contributed by atoms with Gasteiger partial charge in [0, 0.05) is 5.02 Å². The zero-order chi connectivity index (χ0) is 27.8. The van der Waals surface area contributed by atoms with E-state index in [4.69, 9.17) is 16.3 Å². The van der Waals surface area contributed by atoms with E-state index in [1.165, 1.54) is 24.4 Å². The van der Waals surface area contributed by atoms with Gasteiger partial charge in [-0.1, -0.05) is 65.7 Å². The zero-order valence-corrected chi connectivity index (χ0v) is 23.1. The molecule has 0 radical (unpaired) electrons. The Balaban J connectivity index is 1.43. The van der Waals surface area contributed by atoms with Gasteiger partial charge in [0.2, 0.25) is 0 Å². The van der Waals surface area contributed by atoms with E-state index in [1.54, 1.807) is 36.4 Å². The summed E-state index contributed by atoms with van der Waals surface area (Å²) >= 11 is 6.27. The van der Waals surface area contributed by atoms with E-state index in [0.717, 1.165) is 26.6 Å². The average Bonchev–Trinajstić information content (AvgIpc) is 2.93. The summed E-state index contributed by atoms with van der Waals surface area (Å²) in [6.45, 7) is 3.65. The van der Waals surface area contributed by atoms with Gasteiger partial charge in [-0.3, -0.25) is 9.10 Å². The minimum atomic E-state index is -4.06. The third-order valence-corrected chi connectivity index (χ3v) is 8.07. The average molecular weight is 562 g/mol. The number of ether oxygens (including phenoxy) is 1. The molecule has 0 unspecified atom stereocenters. The summed E-state index contributed by atoms with van der Waals surface area (Å²) in [5.41, 5.74) is 6.19. The third kappa shape index (κ3) is 7.46. The predicted molar refractivity (Wildman–Crippen MR) is 155 cm³/mol. The van der Waals surface area contributed by atoms with Gasteiger partial charge in [-0.2, -0.15) is 5.10 Å². The summed E-state index contributed by atoms with van der Waals surface area (Å²) in [7, 11) is -4.06. The fourth-order valence-electron chi connectivity index (χ4n) is 3.63. The lowest BCUT2D eigenvalue weighted by Crippen LogP contribution is -2.39. The van der Waals surface area contributed by atoms with Crippen molar-refractivity contribution in [1.29, 1.82) is 0 Å². The zero-order valence-electron chi connectivity index (χ0n) is 21.5. The first-order valence-electron chi connectivity index (χ1n) is 12.2. The van der Waals surface area contributed by atoms with Gasteiger partial charge in [0.25, 0.3) is 15.9 Å². The quantitative estimate of drug-likeness (QED) is 0.193. The molecule has 0 heterocycles. The first kappa shape index (κ1) is 27.9. The molecule has 0 bridgehead atoms. The minimum absolute atomic E-state index is 0.0654. The maximum absolute atomic E-state index is 13.5. The second kappa shape index (κ2) is 12.6. The third-order valence-electron chi connectivity index (χ3n) is 5.87. The Kier molecular flexibility index (Phi) is 9.01. The van der Waals surface area contributed by atoms with Gasteiger partial charge in [0.05, 0.1) is 16.8 Å². The number of nitrogens with zero attached hydrogens (tertiary/aromatic N) is 2. The molecule has 39 heavy (non-hydrogen) atoms. The number of hydrogen-bond donors (Lipinski definition) is 1. The number of hydrazone groups is 1. The lowest BCUT2D eigenvalue weighted by atomic mass is 10.2. The Labute approximate surface area is 233 Å². The van der Waals surface area contributed by atoms with Crippen LogP contribution in [0.4, 0.5) is 5.69 Å². The molecular formula is C30H28ClN3O4S. The fraction of sp³-hybridized carbons (Fsp3) is 0.133. The summed E-state index contributed by atoms with van der Waals surface area (Å²) in [4.78, 5) is 12.9. The van der Waals surface area contributed by atoms with Crippen LogP contribution in [0.15, 0.2) is 107 Å². The molecule has 0 saturated heterocycles. The largest absolute Gasteiger partial charge is 0.489 e. The maximum atomic E-state index is 13.5. The van der Waals surface area contributed by atoms with Crippen LogP contribution < -0.4 is 14.5 Å². The molecule has 4 aromatic rings. The molecule has 0 atom stereocenters. The second-order valence-corrected chi connectivity index (χ2v) is 11.2. The van der Waals surface area contributed by atoms with E-state index >= 15 is 0 Å². The van der Waals surface area contributed by atoms with E-state index in [9.17, 15) is 13.2 Å². The van der Waals surface area contributed by atoms with Crippen LogP contribution in [0.1, 0.15) is 22.3 Å². The molecule has 0 aromatic heterocycles. The lowest BCUT2D eigenvalue weighted by molar-refractivity contribution is -0.119.